The normalized spacial score (nSPS) is 8.55. The van der Waals surface area contributed by atoms with E-state index in [1.54, 1.807) is 7.05 Å². The molecule has 0 bridgehead atoms. The van der Waals surface area contributed by atoms with Crippen molar-refractivity contribution in [1.29, 1.82) is 0 Å². The molecule has 1 aromatic carbocycles. The van der Waals surface area contributed by atoms with E-state index in [4.69, 9.17) is 0 Å². The van der Waals surface area contributed by atoms with E-state index >= 15 is 0 Å². The maximum absolute atomic E-state index is 3.79. The summed E-state index contributed by atoms with van der Waals surface area (Å²) in [7, 11) is 3.63. The van der Waals surface area contributed by atoms with Crippen molar-refractivity contribution in [2.24, 2.45) is 4.99 Å². The van der Waals surface area contributed by atoms with Gasteiger partial charge in [0, 0.05) is 0 Å². The van der Waals surface area contributed by atoms with Crippen LogP contribution in [0.1, 0.15) is 0 Å². The molecule has 0 atom stereocenters. The van der Waals surface area contributed by atoms with Crippen LogP contribution in [0.4, 0.5) is 5.69 Å². The van der Waals surface area contributed by atoms with E-state index in [2.05, 4.69) is 11.0 Å². The van der Waals surface area contributed by atoms with Gasteiger partial charge in [0.2, 0.25) is 0 Å². The highest BCUT2D eigenvalue weighted by Gasteiger charge is 1.93. The van der Waals surface area contributed by atoms with Crippen LogP contribution in [0, 0.1) is 0 Å². The Morgan fingerprint density at radius 2 is 1.91 bits per heavy atom. The molecule has 0 aliphatic rings. The smallest absolute Gasteiger partial charge is 0.189 e. The van der Waals surface area contributed by atoms with Gasteiger partial charge in [-0.15, -0.1) is 0 Å². The molecule has 0 radical (unpaired) electrons. The van der Waals surface area contributed by atoms with Gasteiger partial charge in [-0.2, -0.15) is 4.58 Å². The maximum Gasteiger partial charge on any atom is 0.311 e. The van der Waals surface area contributed by atoms with E-state index in [0.29, 0.717) is 0 Å². The second-order valence-electron chi connectivity index (χ2n) is 2.22. The zero-order chi connectivity index (χ0) is 8.10. The van der Waals surface area contributed by atoms with E-state index in [-0.39, 0.29) is 0 Å². The topological polar surface area (TPSA) is 15.4 Å². The first kappa shape index (κ1) is 7.70. The Labute approximate surface area is 66.5 Å². The average molecular weight is 147 g/mol. The molecule has 0 aromatic heterocycles. The predicted molar refractivity (Wildman–Crippen MR) is 45.6 cm³/mol. The zero-order valence-corrected chi connectivity index (χ0v) is 6.78. The first-order valence-corrected chi connectivity index (χ1v) is 3.48. The van der Waals surface area contributed by atoms with Crippen LogP contribution in [0.2, 0.25) is 0 Å². The Bertz CT molecular complexity index is 282. The molecule has 0 heterocycles. The second kappa shape index (κ2) is 3.69. The summed E-state index contributed by atoms with van der Waals surface area (Å²) in [4.78, 5) is 3.79. The standard InChI is InChI=1S/C9H11N2/c1-10-8-11(2)9-6-4-3-5-7-9/h3-7H,1-2H3/q+1. The van der Waals surface area contributed by atoms with Crippen LogP contribution < -0.4 is 0 Å². The van der Waals surface area contributed by atoms with Gasteiger partial charge in [0.1, 0.15) is 12.7 Å². The molecule has 56 valence electrons. The molecule has 0 spiro atoms. The molecule has 2 heteroatoms. The Morgan fingerprint density at radius 3 is 2.45 bits per heavy atom. The van der Waals surface area contributed by atoms with E-state index in [0.717, 1.165) is 5.69 Å². The highest BCUT2D eigenvalue weighted by molar-refractivity contribution is 5.40. The third-order valence-corrected chi connectivity index (χ3v) is 1.39. The minimum absolute atomic E-state index is 1.10. The second-order valence-corrected chi connectivity index (χ2v) is 2.22. The zero-order valence-electron chi connectivity index (χ0n) is 6.78. The third kappa shape index (κ3) is 2.03. The lowest BCUT2D eigenvalue weighted by molar-refractivity contribution is -0.397. The summed E-state index contributed by atoms with van der Waals surface area (Å²) in [5.41, 5.74) is 1.10. The molecule has 0 fully saturated rings. The van der Waals surface area contributed by atoms with Crippen LogP contribution in [0.15, 0.2) is 35.3 Å². The fourth-order valence-electron chi connectivity index (χ4n) is 0.859. The van der Waals surface area contributed by atoms with Crippen LogP contribution in [-0.2, 0) is 0 Å². The summed E-state index contributed by atoms with van der Waals surface area (Å²) in [5, 5.41) is 0. The Hall–Kier alpha value is -1.40. The number of benzene rings is 1. The van der Waals surface area contributed by atoms with Crippen molar-refractivity contribution in [3.05, 3.63) is 30.3 Å². The lowest BCUT2D eigenvalue weighted by Gasteiger charge is -1.92. The largest absolute Gasteiger partial charge is 0.311 e. The Balaban J connectivity index is 3.04. The number of nitrogens with zero attached hydrogens (tertiary/aromatic N) is 2. The van der Waals surface area contributed by atoms with Gasteiger partial charge >= 0.3 is 6.01 Å². The fourth-order valence-corrected chi connectivity index (χ4v) is 0.859. The van der Waals surface area contributed by atoms with Gasteiger partial charge < -0.3 is 0 Å². The molecule has 0 amide bonds. The van der Waals surface area contributed by atoms with Gasteiger partial charge in [-0.3, -0.25) is 0 Å². The monoisotopic (exact) mass is 147 g/mol. The molecule has 0 aliphatic heterocycles. The minimum Gasteiger partial charge on any atom is -0.189 e. The average Bonchev–Trinajstić information content (AvgIpc) is 2.07. The minimum atomic E-state index is 1.10. The predicted octanol–water partition coefficient (Wildman–Crippen LogP) is 1.76. The summed E-state index contributed by atoms with van der Waals surface area (Å²) in [6.07, 6.45) is 0. The van der Waals surface area contributed by atoms with Crippen molar-refractivity contribution in [2.45, 2.75) is 0 Å². The van der Waals surface area contributed by atoms with Gasteiger partial charge in [-0.1, -0.05) is 18.2 Å². The number of para-hydroxylation sites is 1. The molecule has 0 unspecified atom stereocenters. The van der Waals surface area contributed by atoms with Crippen molar-refractivity contribution >= 4 is 11.7 Å². The molecule has 2 nitrogen and oxygen atoms in total. The van der Waals surface area contributed by atoms with E-state index < -0.39 is 0 Å². The molecule has 0 saturated carbocycles. The lowest BCUT2D eigenvalue weighted by Crippen LogP contribution is -1.93. The number of aliphatic imine (C=N–C) groups is 1. The number of hydrogen-bond acceptors (Lipinski definition) is 1. The van der Waals surface area contributed by atoms with Crippen molar-refractivity contribution in [1.82, 2.24) is 0 Å². The van der Waals surface area contributed by atoms with Crippen molar-refractivity contribution < 1.29 is 4.58 Å². The Kier molecular flexibility index (Phi) is 2.59. The highest BCUT2D eigenvalue weighted by atomic mass is 15.0. The fraction of sp³-hybridized carbons (Fsp3) is 0.222. The van der Waals surface area contributed by atoms with Crippen LogP contribution in [0.5, 0.6) is 0 Å². The van der Waals surface area contributed by atoms with Crippen LogP contribution in [0.25, 0.3) is 0 Å². The van der Waals surface area contributed by atoms with Crippen LogP contribution in [0.3, 0.4) is 0 Å². The SMILES string of the molecule is CN=C=[N+](C)c1ccccc1. The summed E-state index contributed by atoms with van der Waals surface area (Å²) < 4.78 is 1.85. The number of hydrogen-bond donors (Lipinski definition) is 0. The number of rotatable bonds is 1. The van der Waals surface area contributed by atoms with Crippen LogP contribution >= 0.6 is 0 Å². The van der Waals surface area contributed by atoms with E-state index in [1.807, 2.05) is 42.0 Å². The summed E-state index contributed by atoms with van der Waals surface area (Å²) in [5.74, 6) is 0. The summed E-state index contributed by atoms with van der Waals surface area (Å²) >= 11 is 0. The highest BCUT2D eigenvalue weighted by Crippen LogP contribution is 2.06. The van der Waals surface area contributed by atoms with E-state index in [1.165, 1.54) is 0 Å². The molecule has 0 N–H and O–H groups in total. The van der Waals surface area contributed by atoms with Gasteiger partial charge in [0.25, 0.3) is 0 Å². The molecular weight excluding hydrogens is 136 g/mol. The maximum atomic E-state index is 3.79. The summed E-state index contributed by atoms with van der Waals surface area (Å²) in [6, 6.07) is 12.8. The van der Waals surface area contributed by atoms with Crippen molar-refractivity contribution in [2.75, 3.05) is 14.1 Å². The third-order valence-electron chi connectivity index (χ3n) is 1.39. The van der Waals surface area contributed by atoms with E-state index in [9.17, 15) is 0 Å². The van der Waals surface area contributed by atoms with Gasteiger partial charge in [-0.05, 0) is 17.1 Å². The molecular formula is C9H11N2+. The quantitative estimate of drug-likeness (QED) is 0.425. The molecule has 1 rings (SSSR count). The lowest BCUT2D eigenvalue weighted by atomic mass is 10.3. The summed E-state index contributed by atoms with van der Waals surface area (Å²) in [6.45, 7) is 0. The van der Waals surface area contributed by atoms with Crippen molar-refractivity contribution in [3.63, 3.8) is 0 Å². The molecule has 0 aliphatic carbocycles. The van der Waals surface area contributed by atoms with Gasteiger partial charge in [-0.25, -0.2) is 0 Å². The molecule has 11 heavy (non-hydrogen) atoms. The van der Waals surface area contributed by atoms with Gasteiger partial charge in [0.15, 0.2) is 0 Å². The molecule has 1 aromatic rings. The first-order valence-electron chi connectivity index (χ1n) is 3.48. The first-order chi connectivity index (χ1) is 5.34. The van der Waals surface area contributed by atoms with Gasteiger partial charge in [0.05, 0.1) is 7.05 Å². The Morgan fingerprint density at radius 1 is 1.27 bits per heavy atom. The van der Waals surface area contributed by atoms with Crippen LogP contribution in [-0.4, -0.2) is 24.7 Å². The molecule has 0 saturated heterocycles. The van der Waals surface area contributed by atoms with Crippen molar-refractivity contribution in [3.8, 4) is 0 Å².